The summed E-state index contributed by atoms with van der Waals surface area (Å²) in [5, 5.41) is 8.62. The van der Waals surface area contributed by atoms with Gasteiger partial charge < -0.3 is 17.7 Å². The summed E-state index contributed by atoms with van der Waals surface area (Å²) in [7, 11) is 0. The number of hydrogen-bond acceptors (Lipinski definition) is 10. The number of fused-ring (bicyclic) bond motifs is 12. The van der Waals surface area contributed by atoms with E-state index in [1.54, 1.807) is 0 Å². The third-order valence-corrected chi connectivity index (χ3v) is 24.7. The molecule has 608 valence electrons. The molecule has 10 nitrogen and oxygen atoms in total. The van der Waals surface area contributed by atoms with E-state index in [0.717, 1.165) is 216 Å². The first kappa shape index (κ1) is 76.1. The maximum Gasteiger partial charge on any atom is 0.164 e. The SMILES string of the molecule is c1ccc(-c2cccc(-c3cccc4c3oc3c(-c5cccc(-c6nc(-c7ccccc7)nc(-c7cccc(-c8cccc9c8oc8c(-c%10ccccc%10)cccc89)c7)n6)c5)cccc34)c2)cc1.c1ccc(-c2nc(-c3cccc(-c4cccc5c4oc4c(-c6ccccc6)cccc45)c3)nc(-c3cccc(-c4cccc5c4oc4c(-c6ccccc6)cccc45)c3)n2)cc1. The van der Waals surface area contributed by atoms with Gasteiger partial charge in [0, 0.05) is 121 Å². The summed E-state index contributed by atoms with van der Waals surface area (Å²) >= 11 is 0. The fourth-order valence-corrected chi connectivity index (χ4v) is 18.5. The van der Waals surface area contributed by atoms with Crippen molar-refractivity contribution in [2.24, 2.45) is 0 Å². The predicted molar refractivity (Wildman–Crippen MR) is 530 cm³/mol. The van der Waals surface area contributed by atoms with E-state index in [9.17, 15) is 0 Å². The molecule has 10 heteroatoms. The molecule has 0 aliphatic carbocycles. The van der Waals surface area contributed by atoms with E-state index in [-0.39, 0.29) is 0 Å². The summed E-state index contributed by atoms with van der Waals surface area (Å²) in [6, 6.07) is 155. The summed E-state index contributed by atoms with van der Waals surface area (Å²) < 4.78 is 27.3. The molecule has 6 aromatic heterocycles. The van der Waals surface area contributed by atoms with E-state index < -0.39 is 0 Å². The number of rotatable bonds is 15. The minimum atomic E-state index is 0.575. The predicted octanol–water partition coefficient (Wildman–Crippen LogP) is 32.3. The van der Waals surface area contributed by atoms with Crippen molar-refractivity contribution in [3.63, 3.8) is 0 Å². The first-order valence-electron chi connectivity index (χ1n) is 43.6. The van der Waals surface area contributed by atoms with Crippen molar-refractivity contribution < 1.29 is 17.7 Å². The third-order valence-electron chi connectivity index (χ3n) is 24.7. The molecule has 0 atom stereocenters. The van der Waals surface area contributed by atoms with Gasteiger partial charge in [0.25, 0.3) is 0 Å². The lowest BCUT2D eigenvalue weighted by atomic mass is 9.97. The minimum Gasteiger partial charge on any atom is -0.455 e. The lowest BCUT2D eigenvalue weighted by Gasteiger charge is -2.11. The van der Waals surface area contributed by atoms with E-state index in [1.165, 1.54) is 5.56 Å². The molecule has 0 saturated heterocycles. The van der Waals surface area contributed by atoms with Crippen LogP contribution in [0.15, 0.2) is 467 Å². The molecule has 0 unspecified atom stereocenters. The molecule has 0 spiro atoms. The lowest BCUT2D eigenvalue weighted by molar-refractivity contribution is 0.670. The van der Waals surface area contributed by atoms with Crippen LogP contribution >= 0.6 is 0 Å². The molecule has 0 radical (unpaired) electrons. The highest BCUT2D eigenvalue weighted by Gasteiger charge is 2.25. The largest absolute Gasteiger partial charge is 0.455 e. The number of nitrogens with zero attached hydrogens (tertiary/aromatic N) is 6. The zero-order valence-corrected chi connectivity index (χ0v) is 70.0. The summed E-state index contributed by atoms with van der Waals surface area (Å²) in [6.07, 6.45) is 0. The summed E-state index contributed by atoms with van der Waals surface area (Å²) in [6.45, 7) is 0. The molecule has 0 amide bonds. The number of aromatic nitrogens is 6. The quantitative estimate of drug-likeness (QED) is 0.0978. The normalized spacial score (nSPS) is 11.5. The van der Waals surface area contributed by atoms with Gasteiger partial charge in [-0.2, -0.15) is 0 Å². The molecule has 130 heavy (non-hydrogen) atoms. The van der Waals surface area contributed by atoms with Crippen LogP contribution in [0.4, 0.5) is 0 Å². The summed E-state index contributed by atoms with van der Waals surface area (Å²) in [5.41, 5.74) is 31.2. The van der Waals surface area contributed by atoms with Crippen molar-refractivity contribution in [2.45, 2.75) is 0 Å². The van der Waals surface area contributed by atoms with E-state index in [1.807, 2.05) is 84.9 Å². The zero-order chi connectivity index (χ0) is 86.0. The van der Waals surface area contributed by atoms with Gasteiger partial charge in [-0.15, -0.1) is 0 Å². The standard InChI is InChI=1S/C63H39N3O2.C57H35N3O2/c1-4-17-40(18-5-1)43-23-10-24-44(37-43)50-30-14-35-55-56-36-16-32-52(60(56)68-58(50)55)46-26-12-28-48(39-46)63-65-61(42-21-8-3-9-22-42)64-62(66-63)47-27-11-25-45(38-47)51-31-15-34-54-53-33-13-29-49(57(53)67-59(51)54)41-19-6-2-7-20-41;1-4-16-36(17-5-1)43-26-12-30-47-49-32-14-28-45(53(49)61-51(43)47)39-22-10-24-41(34-39)56-58-55(38-20-8-3-9-21-38)59-57(60-56)42-25-11-23-40(35-42)46-29-15-33-50-48-31-13-27-44(52(48)62-54(46)50)37-18-6-2-7-19-37/h1-39H;1-35H. The van der Waals surface area contributed by atoms with Crippen LogP contribution in [-0.4, -0.2) is 29.9 Å². The minimum absolute atomic E-state index is 0.575. The molecule has 0 N–H and O–H groups in total. The van der Waals surface area contributed by atoms with Gasteiger partial charge in [-0.05, 0) is 86.0 Å². The van der Waals surface area contributed by atoms with Gasteiger partial charge in [-0.1, -0.05) is 419 Å². The molecule has 19 aromatic carbocycles. The van der Waals surface area contributed by atoms with Gasteiger partial charge >= 0.3 is 0 Å². The van der Waals surface area contributed by atoms with Crippen LogP contribution in [0.3, 0.4) is 0 Å². The maximum absolute atomic E-state index is 6.94. The first-order valence-corrected chi connectivity index (χ1v) is 43.6. The molecule has 0 aliphatic heterocycles. The fraction of sp³-hybridized carbons (Fsp3) is 0. The Morgan fingerprint density at radius 3 is 0.469 bits per heavy atom. The van der Waals surface area contributed by atoms with Crippen molar-refractivity contribution in [3.8, 4) is 168 Å². The maximum atomic E-state index is 6.94. The smallest absolute Gasteiger partial charge is 0.164 e. The second-order valence-corrected chi connectivity index (χ2v) is 32.6. The van der Waals surface area contributed by atoms with Crippen molar-refractivity contribution in [1.82, 2.24) is 29.9 Å². The number of benzene rings is 19. The van der Waals surface area contributed by atoms with E-state index in [4.69, 9.17) is 47.6 Å². The highest BCUT2D eigenvalue weighted by atomic mass is 16.3. The Morgan fingerprint density at radius 1 is 0.108 bits per heavy atom. The summed E-state index contributed by atoms with van der Waals surface area (Å²) in [5.74, 6) is 3.51. The van der Waals surface area contributed by atoms with E-state index >= 15 is 0 Å². The van der Waals surface area contributed by atoms with Gasteiger partial charge in [-0.3, -0.25) is 0 Å². The highest BCUT2D eigenvalue weighted by Crippen LogP contribution is 2.47. The second kappa shape index (κ2) is 32.5. The van der Waals surface area contributed by atoms with Crippen molar-refractivity contribution in [2.75, 3.05) is 0 Å². The van der Waals surface area contributed by atoms with Crippen LogP contribution in [0.2, 0.25) is 0 Å². The monoisotopic (exact) mass is 1660 g/mol. The van der Waals surface area contributed by atoms with Gasteiger partial charge in [0.05, 0.1) is 0 Å². The Bertz CT molecular complexity index is 8450. The zero-order valence-electron chi connectivity index (χ0n) is 70.0. The Morgan fingerprint density at radius 2 is 0.254 bits per heavy atom. The fourth-order valence-electron chi connectivity index (χ4n) is 18.5. The number of furan rings is 4. The molecule has 25 rings (SSSR count). The molecule has 25 aromatic rings. The topological polar surface area (TPSA) is 130 Å². The Kier molecular flexibility index (Phi) is 19.0. The molecule has 0 aliphatic rings. The molecule has 0 saturated carbocycles. The summed E-state index contributed by atoms with van der Waals surface area (Å²) in [4.78, 5) is 30.8. The second-order valence-electron chi connectivity index (χ2n) is 32.6. The molecule has 0 fully saturated rings. The highest BCUT2D eigenvalue weighted by molar-refractivity contribution is 6.17. The van der Waals surface area contributed by atoms with Crippen LogP contribution in [0.25, 0.3) is 256 Å². The third kappa shape index (κ3) is 13.9. The van der Waals surface area contributed by atoms with Gasteiger partial charge in [-0.25, -0.2) is 29.9 Å². The van der Waals surface area contributed by atoms with Gasteiger partial charge in [0.2, 0.25) is 0 Å². The molecular weight excluding hydrogens is 1590 g/mol. The van der Waals surface area contributed by atoms with Crippen LogP contribution < -0.4 is 0 Å². The van der Waals surface area contributed by atoms with Crippen molar-refractivity contribution in [1.29, 1.82) is 0 Å². The van der Waals surface area contributed by atoms with Crippen LogP contribution in [-0.2, 0) is 0 Å². The number of para-hydroxylation sites is 8. The van der Waals surface area contributed by atoms with Crippen LogP contribution in [0.5, 0.6) is 0 Å². The molecule has 0 bridgehead atoms. The average molecular weight is 1660 g/mol. The molecular formula is C120H74N6O4. The van der Waals surface area contributed by atoms with Crippen LogP contribution in [0.1, 0.15) is 0 Å². The Balaban J connectivity index is 0.000000145. The first-order chi connectivity index (χ1) is 64.4. The lowest BCUT2D eigenvalue weighted by Crippen LogP contribution is -2.00. The van der Waals surface area contributed by atoms with E-state index in [0.29, 0.717) is 34.9 Å². The van der Waals surface area contributed by atoms with Gasteiger partial charge in [0.15, 0.2) is 34.9 Å². The van der Waals surface area contributed by atoms with E-state index in [2.05, 4.69) is 364 Å². The van der Waals surface area contributed by atoms with Crippen molar-refractivity contribution in [3.05, 3.63) is 449 Å². The Hall–Kier alpha value is -17.6. The molecule has 6 heterocycles. The number of hydrogen-bond donors (Lipinski definition) is 0. The van der Waals surface area contributed by atoms with Crippen LogP contribution in [0, 0.1) is 0 Å². The van der Waals surface area contributed by atoms with Gasteiger partial charge in [0.1, 0.15) is 44.7 Å². The average Bonchev–Trinajstić information content (AvgIpc) is 1.61. The Labute approximate surface area is 747 Å². The van der Waals surface area contributed by atoms with Crippen molar-refractivity contribution >= 4 is 87.8 Å².